The number of halogens is 1. The van der Waals surface area contributed by atoms with Gasteiger partial charge in [-0.25, -0.2) is 4.39 Å². The molecular weight excluding hydrogens is 357 g/mol. The molecule has 1 unspecified atom stereocenters. The van der Waals surface area contributed by atoms with Crippen LogP contribution in [0.4, 0.5) is 10.1 Å². The number of aryl methyl sites for hydroxylation is 1. The normalized spacial score (nSPS) is 16.5. The molecule has 2 aromatic carbocycles. The van der Waals surface area contributed by atoms with Gasteiger partial charge in [0.05, 0.1) is 5.52 Å². The zero-order valence-corrected chi connectivity index (χ0v) is 15.9. The van der Waals surface area contributed by atoms with Gasteiger partial charge in [0.1, 0.15) is 11.5 Å². The number of aromatic nitrogens is 1. The molecule has 1 aliphatic heterocycles. The van der Waals surface area contributed by atoms with Gasteiger partial charge in [-0.05, 0) is 48.7 Å². The van der Waals surface area contributed by atoms with Crippen LogP contribution in [-0.4, -0.2) is 34.8 Å². The third-order valence-electron chi connectivity index (χ3n) is 5.44. The quantitative estimate of drug-likeness (QED) is 0.716. The number of carbonyl (C=O) groups excluding carboxylic acids is 2. The molecule has 4 rings (SSSR count). The average Bonchev–Trinajstić information content (AvgIpc) is 3.33. The first kappa shape index (κ1) is 18.2. The van der Waals surface area contributed by atoms with Gasteiger partial charge in [-0.2, -0.15) is 0 Å². The fourth-order valence-corrected chi connectivity index (χ4v) is 3.83. The molecule has 1 aromatic heterocycles. The van der Waals surface area contributed by atoms with Gasteiger partial charge in [0.25, 0.3) is 5.91 Å². The van der Waals surface area contributed by atoms with Gasteiger partial charge in [-0.1, -0.05) is 18.2 Å². The van der Waals surface area contributed by atoms with E-state index in [2.05, 4.69) is 10.3 Å². The molecule has 1 saturated heterocycles. The Morgan fingerprint density at radius 3 is 2.75 bits per heavy atom. The van der Waals surface area contributed by atoms with E-state index in [9.17, 15) is 14.0 Å². The summed E-state index contributed by atoms with van der Waals surface area (Å²) in [6, 6.07) is 12.3. The lowest BCUT2D eigenvalue weighted by atomic mass is 9.98. The molecule has 28 heavy (non-hydrogen) atoms. The summed E-state index contributed by atoms with van der Waals surface area (Å²) in [4.78, 5) is 29.1. The smallest absolute Gasteiger partial charge is 0.272 e. The number of fused-ring (bicyclic) bond motifs is 1. The van der Waals surface area contributed by atoms with Crippen LogP contribution < -0.4 is 5.32 Å². The summed E-state index contributed by atoms with van der Waals surface area (Å²) in [6.07, 6.45) is 0.914. The number of aromatic amines is 1. The van der Waals surface area contributed by atoms with Gasteiger partial charge in [-0.3, -0.25) is 9.59 Å². The van der Waals surface area contributed by atoms with Gasteiger partial charge in [0, 0.05) is 37.0 Å². The van der Waals surface area contributed by atoms with Crippen LogP contribution in [0.25, 0.3) is 10.9 Å². The van der Waals surface area contributed by atoms with Gasteiger partial charge in [-0.15, -0.1) is 0 Å². The number of hydrogen-bond donors (Lipinski definition) is 2. The van der Waals surface area contributed by atoms with Crippen molar-refractivity contribution >= 4 is 28.4 Å². The second-order valence-electron chi connectivity index (χ2n) is 7.37. The fraction of sp³-hybridized carbons (Fsp3) is 0.273. The second kappa shape index (κ2) is 7.11. The summed E-state index contributed by atoms with van der Waals surface area (Å²) in [6.45, 7) is 4.92. The van der Waals surface area contributed by atoms with E-state index in [1.54, 1.807) is 19.1 Å². The number of nitrogens with zero attached hydrogens (tertiary/aromatic N) is 1. The summed E-state index contributed by atoms with van der Waals surface area (Å²) in [5, 5.41) is 3.29. The predicted molar refractivity (Wildman–Crippen MR) is 107 cm³/mol. The highest BCUT2D eigenvalue weighted by Gasteiger charge is 2.25. The van der Waals surface area contributed by atoms with E-state index < -0.39 is 0 Å². The standard InChI is InChI=1S/C22H22FN3O2/c1-13-6-7-19(23)18-11-20(25-21(13)18)22(28)24-17-5-3-4-15(10-17)16-8-9-26(12-16)14(2)27/h3-7,10-11,16,25H,8-9,12H2,1-2H3,(H,24,28). The number of hydrogen-bond acceptors (Lipinski definition) is 2. The lowest BCUT2D eigenvalue weighted by Crippen LogP contribution is -2.25. The van der Waals surface area contributed by atoms with Crippen molar-refractivity contribution in [1.29, 1.82) is 0 Å². The predicted octanol–water partition coefficient (Wildman–Crippen LogP) is 4.20. The van der Waals surface area contributed by atoms with Crippen LogP contribution in [-0.2, 0) is 4.79 Å². The molecule has 144 valence electrons. The Bertz CT molecular complexity index is 1030. The minimum Gasteiger partial charge on any atom is -0.350 e. The first-order chi connectivity index (χ1) is 13.4. The van der Waals surface area contributed by atoms with Crippen LogP contribution in [0.3, 0.4) is 0 Å². The van der Waals surface area contributed by atoms with E-state index >= 15 is 0 Å². The van der Waals surface area contributed by atoms with E-state index in [1.807, 2.05) is 36.1 Å². The summed E-state index contributed by atoms with van der Waals surface area (Å²) in [5.74, 6) is -0.308. The van der Waals surface area contributed by atoms with Crippen molar-refractivity contribution in [1.82, 2.24) is 9.88 Å². The third kappa shape index (κ3) is 3.38. The average molecular weight is 379 g/mol. The molecule has 6 heteroatoms. The maximum Gasteiger partial charge on any atom is 0.272 e. The van der Waals surface area contributed by atoms with Gasteiger partial charge in [0.2, 0.25) is 5.91 Å². The molecule has 2 N–H and O–H groups in total. The van der Waals surface area contributed by atoms with E-state index in [-0.39, 0.29) is 23.5 Å². The van der Waals surface area contributed by atoms with Crippen molar-refractivity contribution in [3.05, 3.63) is 65.1 Å². The molecular formula is C22H22FN3O2. The van der Waals surface area contributed by atoms with Crippen molar-refractivity contribution in [2.24, 2.45) is 0 Å². The van der Waals surface area contributed by atoms with E-state index in [4.69, 9.17) is 0 Å². The van der Waals surface area contributed by atoms with Crippen molar-refractivity contribution in [3.8, 4) is 0 Å². The Kier molecular flexibility index (Phi) is 4.63. The first-order valence-corrected chi connectivity index (χ1v) is 9.37. The van der Waals surface area contributed by atoms with Crippen molar-refractivity contribution in [3.63, 3.8) is 0 Å². The molecule has 0 bridgehead atoms. The minimum atomic E-state index is -0.353. The van der Waals surface area contributed by atoms with Crippen molar-refractivity contribution in [2.75, 3.05) is 18.4 Å². The molecule has 3 aromatic rings. The highest BCUT2D eigenvalue weighted by atomic mass is 19.1. The molecule has 5 nitrogen and oxygen atoms in total. The molecule has 2 heterocycles. The summed E-state index contributed by atoms with van der Waals surface area (Å²) < 4.78 is 14.0. The molecule has 1 aliphatic rings. The summed E-state index contributed by atoms with van der Waals surface area (Å²) in [7, 11) is 0. The van der Waals surface area contributed by atoms with Crippen LogP contribution in [0.15, 0.2) is 42.5 Å². The Morgan fingerprint density at radius 1 is 1.21 bits per heavy atom. The van der Waals surface area contributed by atoms with Gasteiger partial charge >= 0.3 is 0 Å². The van der Waals surface area contributed by atoms with Crippen LogP contribution in [0.2, 0.25) is 0 Å². The van der Waals surface area contributed by atoms with Crippen molar-refractivity contribution < 1.29 is 14.0 Å². The third-order valence-corrected chi connectivity index (χ3v) is 5.44. The largest absolute Gasteiger partial charge is 0.350 e. The number of rotatable bonds is 3. The Balaban J connectivity index is 1.53. The maximum atomic E-state index is 14.0. The van der Waals surface area contributed by atoms with Crippen LogP contribution >= 0.6 is 0 Å². The highest BCUT2D eigenvalue weighted by Crippen LogP contribution is 2.29. The van der Waals surface area contributed by atoms with Crippen molar-refractivity contribution in [2.45, 2.75) is 26.2 Å². The number of carbonyl (C=O) groups is 2. The molecule has 1 fully saturated rings. The Labute approximate surface area is 162 Å². The second-order valence-corrected chi connectivity index (χ2v) is 7.37. The number of nitrogens with one attached hydrogen (secondary N) is 2. The molecule has 0 radical (unpaired) electrons. The van der Waals surface area contributed by atoms with Crippen LogP contribution in [0.5, 0.6) is 0 Å². The van der Waals surface area contributed by atoms with E-state index in [1.165, 1.54) is 6.07 Å². The number of likely N-dealkylation sites (tertiary alicyclic amines) is 1. The van der Waals surface area contributed by atoms with E-state index in [0.717, 1.165) is 24.1 Å². The van der Waals surface area contributed by atoms with Gasteiger partial charge < -0.3 is 15.2 Å². The topological polar surface area (TPSA) is 65.2 Å². The zero-order chi connectivity index (χ0) is 19.8. The lowest BCUT2D eigenvalue weighted by molar-refractivity contribution is -0.127. The molecule has 0 spiro atoms. The number of H-pyrrole nitrogens is 1. The highest BCUT2D eigenvalue weighted by molar-refractivity contribution is 6.06. The molecule has 0 aliphatic carbocycles. The maximum absolute atomic E-state index is 14.0. The number of benzene rings is 2. The monoisotopic (exact) mass is 379 g/mol. The van der Waals surface area contributed by atoms with Crippen LogP contribution in [0.1, 0.15) is 40.9 Å². The first-order valence-electron chi connectivity index (χ1n) is 9.37. The molecule has 0 saturated carbocycles. The Morgan fingerprint density at radius 2 is 2.04 bits per heavy atom. The zero-order valence-electron chi connectivity index (χ0n) is 15.9. The van der Waals surface area contributed by atoms with E-state index in [0.29, 0.717) is 28.8 Å². The SMILES string of the molecule is CC(=O)N1CCC(c2cccc(NC(=O)c3cc4c(F)ccc(C)c4[nH]3)c2)C1. The lowest BCUT2D eigenvalue weighted by Gasteiger charge is -2.15. The fourth-order valence-electron chi connectivity index (χ4n) is 3.83. The summed E-state index contributed by atoms with van der Waals surface area (Å²) >= 11 is 0. The molecule has 1 atom stereocenters. The van der Waals surface area contributed by atoms with Crippen LogP contribution in [0, 0.1) is 12.7 Å². The minimum absolute atomic E-state index is 0.0910. The Hall–Kier alpha value is -3.15. The van der Waals surface area contributed by atoms with Gasteiger partial charge in [0.15, 0.2) is 0 Å². The summed E-state index contributed by atoms with van der Waals surface area (Å²) in [5.41, 5.74) is 3.61. The number of anilines is 1. The molecule has 2 amide bonds. The number of amides is 2.